The predicted octanol–water partition coefficient (Wildman–Crippen LogP) is 1.24. The summed E-state index contributed by atoms with van der Waals surface area (Å²) in [5.74, 6) is 1.56. The van der Waals surface area contributed by atoms with Crippen LogP contribution in [0, 0.1) is 0 Å². The molecule has 1 N–H and O–H groups in total. The molecule has 1 atom stereocenters. The number of hydrogen-bond donors (Lipinski definition) is 1. The fraction of sp³-hybridized carbons (Fsp3) is 0.562. The molecule has 21 heavy (non-hydrogen) atoms. The van der Waals surface area contributed by atoms with Crippen molar-refractivity contribution in [3.63, 3.8) is 0 Å². The molecule has 0 saturated carbocycles. The zero-order valence-corrected chi connectivity index (χ0v) is 13.0. The number of hydrogen-bond acceptors (Lipinski definition) is 5. The average Bonchev–Trinajstić information content (AvgIpc) is 2.73. The van der Waals surface area contributed by atoms with Gasteiger partial charge in [-0.05, 0) is 43.1 Å². The Morgan fingerprint density at radius 2 is 1.71 bits per heavy atom. The van der Waals surface area contributed by atoms with Crippen molar-refractivity contribution in [3.05, 3.63) is 23.3 Å². The van der Waals surface area contributed by atoms with Crippen molar-refractivity contribution in [1.29, 1.82) is 0 Å². The van der Waals surface area contributed by atoms with Gasteiger partial charge in [0.1, 0.15) is 6.29 Å². The lowest BCUT2D eigenvalue weighted by Gasteiger charge is -2.28. The highest BCUT2D eigenvalue weighted by Gasteiger charge is 2.21. The number of nitrogens with zero attached hydrogens (tertiary/aromatic N) is 1. The molecule has 1 aliphatic rings. The van der Waals surface area contributed by atoms with Gasteiger partial charge in [0.05, 0.1) is 20.4 Å². The quantitative estimate of drug-likeness (QED) is 0.800. The van der Waals surface area contributed by atoms with Crippen molar-refractivity contribution < 1.29 is 14.3 Å². The summed E-state index contributed by atoms with van der Waals surface area (Å²) >= 11 is 0. The molecule has 0 bridgehead atoms. The molecule has 5 nitrogen and oxygen atoms in total. The van der Waals surface area contributed by atoms with Crippen LogP contribution in [0.2, 0.25) is 0 Å². The molecule has 0 fully saturated rings. The summed E-state index contributed by atoms with van der Waals surface area (Å²) in [6.45, 7) is 1.86. The Bertz CT molecular complexity index is 456. The van der Waals surface area contributed by atoms with E-state index in [0.29, 0.717) is 6.42 Å². The lowest BCUT2D eigenvalue weighted by atomic mass is 10.0. The molecule has 0 amide bonds. The van der Waals surface area contributed by atoms with Gasteiger partial charge >= 0.3 is 0 Å². The zero-order chi connectivity index (χ0) is 15.2. The van der Waals surface area contributed by atoms with E-state index in [9.17, 15) is 4.79 Å². The monoisotopic (exact) mass is 292 g/mol. The van der Waals surface area contributed by atoms with Crippen molar-refractivity contribution in [2.24, 2.45) is 0 Å². The van der Waals surface area contributed by atoms with E-state index in [1.54, 1.807) is 14.2 Å². The second-order valence-corrected chi connectivity index (χ2v) is 5.22. The van der Waals surface area contributed by atoms with Gasteiger partial charge < -0.3 is 19.6 Å². The Hall–Kier alpha value is -1.59. The van der Waals surface area contributed by atoms with Crippen LogP contribution in [0.25, 0.3) is 0 Å². The maximum atomic E-state index is 10.8. The predicted molar refractivity (Wildman–Crippen MR) is 82.1 cm³/mol. The zero-order valence-electron chi connectivity index (χ0n) is 13.0. The van der Waals surface area contributed by atoms with Crippen molar-refractivity contribution in [3.8, 4) is 11.5 Å². The first-order chi connectivity index (χ1) is 10.2. The summed E-state index contributed by atoms with van der Waals surface area (Å²) in [5, 5.41) is 3.22. The van der Waals surface area contributed by atoms with Crippen molar-refractivity contribution in [1.82, 2.24) is 10.2 Å². The van der Waals surface area contributed by atoms with Gasteiger partial charge in [0.15, 0.2) is 11.5 Å². The van der Waals surface area contributed by atoms with Crippen LogP contribution in [0.5, 0.6) is 11.5 Å². The van der Waals surface area contributed by atoms with Crippen LogP contribution in [0.3, 0.4) is 0 Å². The van der Waals surface area contributed by atoms with Crippen LogP contribution in [0.1, 0.15) is 17.5 Å². The Morgan fingerprint density at radius 3 is 2.10 bits per heavy atom. The maximum Gasteiger partial charge on any atom is 0.161 e. The molecule has 5 heteroatoms. The van der Waals surface area contributed by atoms with E-state index in [-0.39, 0.29) is 6.17 Å². The van der Waals surface area contributed by atoms with Gasteiger partial charge in [-0.2, -0.15) is 0 Å². The maximum absolute atomic E-state index is 10.8. The minimum absolute atomic E-state index is 0.112. The van der Waals surface area contributed by atoms with E-state index >= 15 is 0 Å². The number of carbonyl (C=O) groups is 1. The molecule has 0 saturated heterocycles. The number of ether oxygens (including phenoxy) is 2. The third-order valence-corrected chi connectivity index (χ3v) is 4.14. The molecular weight excluding hydrogens is 268 g/mol. The van der Waals surface area contributed by atoms with Crippen LogP contribution in [-0.2, 0) is 17.6 Å². The first-order valence-corrected chi connectivity index (χ1v) is 7.32. The molecule has 1 unspecified atom stereocenters. The molecule has 1 aliphatic heterocycles. The highest BCUT2D eigenvalue weighted by molar-refractivity contribution is 5.50. The van der Waals surface area contributed by atoms with E-state index < -0.39 is 0 Å². The third kappa shape index (κ3) is 3.54. The largest absolute Gasteiger partial charge is 0.493 e. The highest BCUT2D eigenvalue weighted by Crippen LogP contribution is 2.32. The van der Waals surface area contributed by atoms with Crippen LogP contribution in [-0.4, -0.2) is 51.7 Å². The molecule has 0 aromatic heterocycles. The van der Waals surface area contributed by atoms with Crippen molar-refractivity contribution in [2.75, 3.05) is 34.4 Å². The van der Waals surface area contributed by atoms with Crippen LogP contribution < -0.4 is 14.8 Å². The molecule has 2 rings (SSSR count). The molecule has 1 aromatic carbocycles. The second-order valence-electron chi connectivity index (χ2n) is 5.22. The fourth-order valence-electron chi connectivity index (χ4n) is 2.92. The Morgan fingerprint density at radius 1 is 1.19 bits per heavy atom. The number of carbonyl (C=O) groups excluding carboxylic acids is 1. The third-order valence-electron chi connectivity index (χ3n) is 4.14. The molecule has 0 aliphatic carbocycles. The Kier molecular flexibility index (Phi) is 5.59. The smallest absolute Gasteiger partial charge is 0.161 e. The second kappa shape index (κ2) is 7.43. The minimum atomic E-state index is 0.112. The summed E-state index contributed by atoms with van der Waals surface area (Å²) in [6.07, 6.45) is 3.50. The van der Waals surface area contributed by atoms with Gasteiger partial charge in [-0.15, -0.1) is 0 Å². The van der Waals surface area contributed by atoms with Gasteiger partial charge in [-0.1, -0.05) is 0 Å². The summed E-state index contributed by atoms with van der Waals surface area (Å²) < 4.78 is 10.8. The first kappa shape index (κ1) is 15.8. The Labute approximate surface area is 126 Å². The fourth-order valence-corrected chi connectivity index (χ4v) is 2.92. The number of aldehydes is 1. The number of methoxy groups -OCH3 is 2. The molecule has 116 valence electrons. The minimum Gasteiger partial charge on any atom is -0.493 e. The summed E-state index contributed by atoms with van der Waals surface area (Å²) in [4.78, 5) is 13.1. The number of fused-ring (bicyclic) bond motifs is 1. The summed E-state index contributed by atoms with van der Waals surface area (Å²) in [7, 11) is 5.22. The molecule has 1 aromatic rings. The van der Waals surface area contributed by atoms with E-state index in [4.69, 9.17) is 9.47 Å². The molecular formula is C16H24N2O3. The van der Waals surface area contributed by atoms with E-state index in [2.05, 4.69) is 22.3 Å². The van der Waals surface area contributed by atoms with Gasteiger partial charge in [-0.25, -0.2) is 0 Å². The first-order valence-electron chi connectivity index (χ1n) is 7.32. The number of benzene rings is 1. The Balaban J connectivity index is 2.18. The normalized spacial score (nSPS) is 16.7. The lowest BCUT2D eigenvalue weighted by Crippen LogP contribution is -2.45. The topological polar surface area (TPSA) is 50.8 Å². The van der Waals surface area contributed by atoms with Gasteiger partial charge in [-0.3, -0.25) is 4.90 Å². The van der Waals surface area contributed by atoms with Crippen molar-refractivity contribution in [2.45, 2.75) is 25.4 Å². The van der Waals surface area contributed by atoms with E-state index in [1.165, 1.54) is 11.1 Å². The molecule has 0 spiro atoms. The SMILES string of the molecule is CNC(CC=O)N1CCc2cc(OC)c(OC)cc2CC1. The lowest BCUT2D eigenvalue weighted by molar-refractivity contribution is -0.109. The van der Waals surface area contributed by atoms with Crippen LogP contribution in [0.15, 0.2) is 12.1 Å². The summed E-state index contributed by atoms with van der Waals surface area (Å²) in [5.41, 5.74) is 2.60. The van der Waals surface area contributed by atoms with E-state index in [0.717, 1.165) is 43.7 Å². The van der Waals surface area contributed by atoms with Gasteiger partial charge in [0.2, 0.25) is 0 Å². The van der Waals surface area contributed by atoms with Crippen LogP contribution >= 0.6 is 0 Å². The van der Waals surface area contributed by atoms with E-state index in [1.807, 2.05) is 7.05 Å². The average molecular weight is 292 g/mol. The number of rotatable bonds is 6. The highest BCUT2D eigenvalue weighted by atomic mass is 16.5. The summed E-state index contributed by atoms with van der Waals surface area (Å²) in [6, 6.07) is 4.15. The van der Waals surface area contributed by atoms with Crippen LogP contribution in [0.4, 0.5) is 0 Å². The van der Waals surface area contributed by atoms with Gasteiger partial charge in [0.25, 0.3) is 0 Å². The molecule has 1 heterocycles. The standard InChI is InChI=1S/C16H24N2O3/c1-17-16(6-9-19)18-7-4-12-10-14(20-2)15(21-3)11-13(12)5-8-18/h9-11,16-17H,4-8H2,1-3H3. The molecule has 0 radical (unpaired) electrons. The van der Waals surface area contributed by atoms with Gasteiger partial charge in [0, 0.05) is 19.5 Å². The number of nitrogens with one attached hydrogen (secondary N) is 1. The van der Waals surface area contributed by atoms with Crippen molar-refractivity contribution >= 4 is 6.29 Å².